The molecule has 0 aliphatic heterocycles. The zero-order valence-corrected chi connectivity index (χ0v) is 14.5. The second-order valence-electron chi connectivity index (χ2n) is 7.54. The monoisotopic (exact) mass is 330 g/mol. The Labute approximate surface area is 141 Å². The van der Waals surface area contributed by atoms with Gasteiger partial charge in [-0.05, 0) is 42.5 Å². The van der Waals surface area contributed by atoms with Gasteiger partial charge >= 0.3 is 11.9 Å². The van der Waals surface area contributed by atoms with E-state index in [0.717, 1.165) is 6.42 Å². The van der Waals surface area contributed by atoms with E-state index in [-0.39, 0.29) is 18.2 Å². The van der Waals surface area contributed by atoms with Crippen LogP contribution >= 0.6 is 0 Å². The van der Waals surface area contributed by atoms with Gasteiger partial charge in [0, 0.05) is 11.8 Å². The molecular weight excluding hydrogens is 308 g/mol. The van der Waals surface area contributed by atoms with Crippen LogP contribution in [0.25, 0.3) is 0 Å². The summed E-state index contributed by atoms with van der Waals surface area (Å²) in [5.74, 6) is -0.282. The number of carbonyl (C=O) groups is 3. The average Bonchev–Trinajstić information content (AvgIpc) is 2.85. The van der Waals surface area contributed by atoms with Crippen LogP contribution in [0.2, 0.25) is 0 Å². The normalized spacial score (nSPS) is 30.2. The Kier molecular flexibility index (Phi) is 3.59. The Hall–Kier alpha value is -2.17. The standard InChI is InChI=1S/C19H22O5/c1-17(2)18(3)9-10-19(17,11-14(18)20)16(22)24-13-7-5-12(6-8-13)15(21)23-4/h5-8H,9-11H2,1-4H3/t18-,19+/m1/s1. The Morgan fingerprint density at radius 1 is 1.04 bits per heavy atom. The summed E-state index contributed by atoms with van der Waals surface area (Å²) in [7, 11) is 1.31. The summed E-state index contributed by atoms with van der Waals surface area (Å²) < 4.78 is 10.2. The minimum absolute atomic E-state index is 0.150. The molecule has 0 aromatic heterocycles. The maximum absolute atomic E-state index is 12.9. The molecule has 0 spiro atoms. The zero-order chi connectivity index (χ0) is 17.8. The van der Waals surface area contributed by atoms with Crippen molar-refractivity contribution in [3.05, 3.63) is 29.8 Å². The van der Waals surface area contributed by atoms with Gasteiger partial charge in [0.1, 0.15) is 11.5 Å². The number of benzene rings is 1. The molecule has 128 valence electrons. The molecular formula is C19H22O5. The van der Waals surface area contributed by atoms with Crippen LogP contribution < -0.4 is 4.74 Å². The number of carbonyl (C=O) groups excluding carboxylic acids is 3. The number of hydrogen-bond acceptors (Lipinski definition) is 5. The van der Waals surface area contributed by atoms with Crippen molar-refractivity contribution in [2.75, 3.05) is 7.11 Å². The van der Waals surface area contributed by atoms with Gasteiger partial charge in [-0.3, -0.25) is 9.59 Å². The fraction of sp³-hybridized carbons (Fsp3) is 0.526. The summed E-state index contributed by atoms with van der Waals surface area (Å²) in [6.45, 7) is 5.95. The first-order valence-corrected chi connectivity index (χ1v) is 8.12. The molecule has 3 rings (SSSR count). The van der Waals surface area contributed by atoms with Crippen molar-refractivity contribution < 1.29 is 23.9 Å². The Morgan fingerprint density at radius 2 is 1.67 bits per heavy atom. The average molecular weight is 330 g/mol. The molecule has 0 N–H and O–H groups in total. The lowest BCUT2D eigenvalue weighted by Crippen LogP contribution is -2.42. The third-order valence-corrected chi connectivity index (χ3v) is 6.58. The van der Waals surface area contributed by atoms with Crippen molar-refractivity contribution in [2.24, 2.45) is 16.2 Å². The molecule has 1 aromatic rings. The summed E-state index contributed by atoms with van der Waals surface area (Å²) in [5.41, 5.74) is -1.26. The van der Waals surface area contributed by atoms with E-state index in [1.54, 1.807) is 24.3 Å². The van der Waals surface area contributed by atoms with Crippen LogP contribution in [-0.4, -0.2) is 24.8 Å². The van der Waals surface area contributed by atoms with E-state index in [1.807, 2.05) is 20.8 Å². The van der Waals surface area contributed by atoms with E-state index in [0.29, 0.717) is 17.7 Å². The molecule has 5 heteroatoms. The van der Waals surface area contributed by atoms with Crippen LogP contribution in [-0.2, 0) is 14.3 Å². The Bertz CT molecular complexity index is 718. The number of Topliss-reactive ketones (excluding diaryl/α,β-unsaturated/α-hetero) is 1. The summed E-state index contributed by atoms with van der Waals surface area (Å²) >= 11 is 0. The highest BCUT2D eigenvalue weighted by atomic mass is 16.5. The van der Waals surface area contributed by atoms with Crippen LogP contribution in [0.3, 0.4) is 0 Å². The number of ether oxygens (including phenoxy) is 2. The maximum Gasteiger partial charge on any atom is 0.337 e. The molecule has 2 fully saturated rings. The summed E-state index contributed by atoms with van der Waals surface area (Å²) in [6.07, 6.45) is 1.63. The number of fused-ring (bicyclic) bond motifs is 2. The van der Waals surface area contributed by atoms with Crippen molar-refractivity contribution in [3.8, 4) is 5.75 Å². The molecule has 0 saturated heterocycles. The number of ketones is 1. The number of methoxy groups -OCH3 is 1. The zero-order valence-electron chi connectivity index (χ0n) is 14.5. The van der Waals surface area contributed by atoms with E-state index in [2.05, 4.69) is 4.74 Å². The molecule has 2 atom stereocenters. The van der Waals surface area contributed by atoms with Crippen molar-refractivity contribution in [1.82, 2.24) is 0 Å². The molecule has 24 heavy (non-hydrogen) atoms. The Morgan fingerprint density at radius 3 is 2.12 bits per heavy atom. The van der Waals surface area contributed by atoms with Gasteiger partial charge in [0.15, 0.2) is 0 Å². The second kappa shape index (κ2) is 5.16. The summed E-state index contributed by atoms with van der Waals surface area (Å²) in [4.78, 5) is 36.8. The van der Waals surface area contributed by atoms with Crippen LogP contribution in [0, 0.1) is 16.2 Å². The third-order valence-electron chi connectivity index (χ3n) is 6.58. The molecule has 0 radical (unpaired) electrons. The van der Waals surface area contributed by atoms with Crippen LogP contribution in [0.5, 0.6) is 5.75 Å². The smallest absolute Gasteiger partial charge is 0.337 e. The second-order valence-corrected chi connectivity index (χ2v) is 7.54. The molecule has 2 bridgehead atoms. The van der Waals surface area contributed by atoms with Crippen LogP contribution in [0.1, 0.15) is 50.4 Å². The van der Waals surface area contributed by atoms with E-state index < -0.39 is 22.2 Å². The van der Waals surface area contributed by atoms with Gasteiger partial charge in [0.05, 0.1) is 18.1 Å². The van der Waals surface area contributed by atoms with Crippen LogP contribution in [0.4, 0.5) is 0 Å². The highest BCUT2D eigenvalue weighted by Crippen LogP contribution is 2.70. The van der Waals surface area contributed by atoms with Gasteiger partial charge in [-0.2, -0.15) is 0 Å². The highest BCUT2D eigenvalue weighted by molar-refractivity contribution is 5.98. The third kappa shape index (κ3) is 1.96. The topological polar surface area (TPSA) is 69.7 Å². The molecule has 0 amide bonds. The minimum Gasteiger partial charge on any atom is -0.465 e. The molecule has 1 aromatic carbocycles. The number of esters is 2. The molecule has 2 aliphatic carbocycles. The lowest BCUT2D eigenvalue weighted by Gasteiger charge is -2.37. The lowest BCUT2D eigenvalue weighted by molar-refractivity contribution is -0.151. The van der Waals surface area contributed by atoms with Crippen molar-refractivity contribution in [1.29, 1.82) is 0 Å². The SMILES string of the molecule is COC(=O)c1ccc(OC(=O)[C@]23CC[C@](C)(C(=O)C2)C3(C)C)cc1. The fourth-order valence-electron chi connectivity index (χ4n) is 4.29. The maximum atomic E-state index is 12.9. The van der Waals surface area contributed by atoms with Gasteiger partial charge in [0.25, 0.3) is 0 Å². The quantitative estimate of drug-likeness (QED) is 0.629. The van der Waals surface area contributed by atoms with E-state index >= 15 is 0 Å². The number of hydrogen-bond donors (Lipinski definition) is 0. The molecule has 0 unspecified atom stereocenters. The van der Waals surface area contributed by atoms with Crippen molar-refractivity contribution in [2.45, 2.75) is 40.0 Å². The first kappa shape index (κ1) is 16.7. The molecule has 2 saturated carbocycles. The van der Waals surface area contributed by atoms with Gasteiger partial charge in [-0.15, -0.1) is 0 Å². The first-order valence-electron chi connectivity index (χ1n) is 8.12. The predicted molar refractivity (Wildman–Crippen MR) is 86.6 cm³/mol. The van der Waals surface area contributed by atoms with E-state index in [9.17, 15) is 14.4 Å². The highest BCUT2D eigenvalue weighted by Gasteiger charge is 2.73. The largest absolute Gasteiger partial charge is 0.465 e. The van der Waals surface area contributed by atoms with E-state index in [1.165, 1.54) is 7.11 Å². The summed E-state index contributed by atoms with van der Waals surface area (Å²) in [5, 5.41) is 0. The van der Waals surface area contributed by atoms with Gasteiger partial charge in [-0.1, -0.05) is 20.8 Å². The molecule has 2 aliphatic rings. The molecule has 0 heterocycles. The minimum atomic E-state index is -0.764. The lowest BCUT2D eigenvalue weighted by atomic mass is 9.65. The number of rotatable bonds is 3. The van der Waals surface area contributed by atoms with Gasteiger partial charge < -0.3 is 9.47 Å². The summed E-state index contributed by atoms with van der Waals surface area (Å²) in [6, 6.07) is 6.24. The van der Waals surface area contributed by atoms with Gasteiger partial charge in [-0.25, -0.2) is 4.79 Å². The fourth-order valence-corrected chi connectivity index (χ4v) is 4.29. The van der Waals surface area contributed by atoms with Crippen LogP contribution in [0.15, 0.2) is 24.3 Å². The van der Waals surface area contributed by atoms with E-state index in [4.69, 9.17) is 4.74 Å². The first-order chi connectivity index (χ1) is 11.2. The predicted octanol–water partition coefficient (Wildman–Crippen LogP) is 3.16. The van der Waals surface area contributed by atoms with Crippen molar-refractivity contribution >= 4 is 17.7 Å². The van der Waals surface area contributed by atoms with Crippen molar-refractivity contribution in [3.63, 3.8) is 0 Å². The molecule has 5 nitrogen and oxygen atoms in total. The Balaban J connectivity index is 1.83. The van der Waals surface area contributed by atoms with Gasteiger partial charge in [0.2, 0.25) is 0 Å².